The highest BCUT2D eigenvalue weighted by molar-refractivity contribution is 5.69. The van der Waals surface area contributed by atoms with Gasteiger partial charge in [-0.3, -0.25) is 9.69 Å². The van der Waals surface area contributed by atoms with Gasteiger partial charge < -0.3 is 14.4 Å². The molecule has 0 radical (unpaired) electrons. The maximum absolute atomic E-state index is 10.6. The summed E-state index contributed by atoms with van der Waals surface area (Å²) in [4.78, 5) is 16.5. The lowest BCUT2D eigenvalue weighted by molar-refractivity contribution is -0.138. The number of hydrogen-bond donors (Lipinski definition) is 1. The second-order valence-electron chi connectivity index (χ2n) is 3.94. The van der Waals surface area contributed by atoms with E-state index in [0.717, 1.165) is 0 Å². The Balaban J connectivity index is 2.05. The van der Waals surface area contributed by atoms with Crippen LogP contribution in [0.1, 0.15) is 6.04 Å². The van der Waals surface area contributed by atoms with Crippen LogP contribution in [0.3, 0.4) is 0 Å². The van der Waals surface area contributed by atoms with Crippen LogP contribution in [-0.2, 0) is 9.53 Å². The van der Waals surface area contributed by atoms with Crippen molar-refractivity contribution in [1.29, 1.82) is 0 Å². The molecule has 1 aromatic heterocycles. The van der Waals surface area contributed by atoms with E-state index in [1.165, 1.54) is 0 Å². The first-order chi connectivity index (χ1) is 7.70. The maximum Gasteiger partial charge on any atom is 0.317 e. The smallest absolute Gasteiger partial charge is 0.317 e. The van der Waals surface area contributed by atoms with Gasteiger partial charge in [-0.05, 0) is 0 Å². The molecule has 1 aliphatic heterocycles. The number of ether oxygens (including phenoxy) is 1. The van der Waals surface area contributed by atoms with Gasteiger partial charge in [-0.2, -0.15) is 0 Å². The molecular formula is C10H15N3O3. The Bertz CT molecular complexity index is 352. The summed E-state index contributed by atoms with van der Waals surface area (Å²) in [6.45, 7) is 1.39. The minimum atomic E-state index is -0.805. The van der Waals surface area contributed by atoms with Crippen molar-refractivity contribution in [3.8, 4) is 0 Å². The number of carboxylic acid groups (broad SMARTS) is 1. The Kier molecular flexibility index (Phi) is 3.21. The van der Waals surface area contributed by atoms with E-state index < -0.39 is 5.97 Å². The molecule has 0 amide bonds. The van der Waals surface area contributed by atoms with Crippen molar-refractivity contribution in [2.75, 3.05) is 26.7 Å². The molecule has 6 nitrogen and oxygen atoms in total. The van der Waals surface area contributed by atoms with Crippen molar-refractivity contribution in [2.45, 2.75) is 12.1 Å². The summed E-state index contributed by atoms with van der Waals surface area (Å²) in [6.07, 6.45) is 5.35. The molecule has 0 saturated carbocycles. The fourth-order valence-electron chi connectivity index (χ4n) is 2.14. The summed E-state index contributed by atoms with van der Waals surface area (Å²) < 4.78 is 7.34. The fraction of sp³-hybridized carbons (Fsp3) is 0.600. The highest BCUT2D eigenvalue weighted by Gasteiger charge is 2.34. The zero-order valence-corrected chi connectivity index (χ0v) is 9.11. The van der Waals surface area contributed by atoms with Crippen molar-refractivity contribution >= 4 is 5.97 Å². The first kappa shape index (κ1) is 11.1. The summed E-state index contributed by atoms with van der Waals surface area (Å²) in [6, 6.07) is 0.145. The first-order valence-corrected chi connectivity index (χ1v) is 5.15. The molecule has 1 aromatic rings. The van der Waals surface area contributed by atoms with E-state index in [-0.39, 0.29) is 18.7 Å². The highest BCUT2D eigenvalue weighted by Crippen LogP contribution is 2.23. The largest absolute Gasteiger partial charge is 0.480 e. The third-order valence-electron chi connectivity index (χ3n) is 2.88. The number of aliphatic carboxylic acids is 1. The van der Waals surface area contributed by atoms with Gasteiger partial charge in [0.15, 0.2) is 0 Å². The maximum atomic E-state index is 10.6. The average molecular weight is 225 g/mol. The van der Waals surface area contributed by atoms with Crippen LogP contribution in [0.25, 0.3) is 0 Å². The Hall–Kier alpha value is -1.40. The summed E-state index contributed by atoms with van der Waals surface area (Å²) in [7, 11) is 1.65. The van der Waals surface area contributed by atoms with E-state index in [1.54, 1.807) is 19.6 Å². The molecule has 16 heavy (non-hydrogen) atoms. The first-order valence-electron chi connectivity index (χ1n) is 5.15. The summed E-state index contributed by atoms with van der Waals surface area (Å²) >= 11 is 0. The van der Waals surface area contributed by atoms with Crippen molar-refractivity contribution < 1.29 is 14.6 Å². The molecule has 2 heterocycles. The van der Waals surface area contributed by atoms with Crippen LogP contribution < -0.4 is 0 Å². The van der Waals surface area contributed by atoms with E-state index in [4.69, 9.17) is 9.84 Å². The van der Waals surface area contributed by atoms with Gasteiger partial charge in [0, 0.05) is 32.6 Å². The molecule has 1 N–H and O–H groups in total. The SMILES string of the molecule is CO[C@H]1CN(CC(=O)O)C[C@@H]1n1ccnc1. The third-order valence-corrected chi connectivity index (χ3v) is 2.88. The van der Waals surface area contributed by atoms with E-state index in [1.807, 2.05) is 15.7 Å². The fourth-order valence-corrected chi connectivity index (χ4v) is 2.14. The van der Waals surface area contributed by atoms with Gasteiger partial charge >= 0.3 is 5.97 Å². The second kappa shape index (κ2) is 4.63. The third kappa shape index (κ3) is 2.23. The number of likely N-dealkylation sites (tertiary alicyclic amines) is 1. The van der Waals surface area contributed by atoms with Crippen LogP contribution in [0.5, 0.6) is 0 Å². The lowest BCUT2D eigenvalue weighted by atomic mass is 10.2. The Labute approximate surface area is 93.4 Å². The summed E-state index contributed by atoms with van der Waals surface area (Å²) in [5.74, 6) is -0.805. The van der Waals surface area contributed by atoms with Crippen LogP contribution in [0.15, 0.2) is 18.7 Å². The van der Waals surface area contributed by atoms with Gasteiger partial charge in [-0.1, -0.05) is 0 Å². The monoisotopic (exact) mass is 225 g/mol. The molecule has 6 heteroatoms. The lowest BCUT2D eigenvalue weighted by Gasteiger charge is -2.17. The number of carbonyl (C=O) groups is 1. The summed E-state index contributed by atoms with van der Waals surface area (Å²) in [5.41, 5.74) is 0. The lowest BCUT2D eigenvalue weighted by Crippen LogP contribution is -2.28. The number of hydrogen-bond acceptors (Lipinski definition) is 4. The van der Waals surface area contributed by atoms with Crippen LogP contribution in [0.2, 0.25) is 0 Å². The van der Waals surface area contributed by atoms with Crippen LogP contribution in [-0.4, -0.2) is 58.4 Å². The van der Waals surface area contributed by atoms with Crippen LogP contribution in [0, 0.1) is 0 Å². The number of methoxy groups -OCH3 is 1. The Morgan fingerprint density at radius 2 is 2.44 bits per heavy atom. The number of nitrogens with zero attached hydrogens (tertiary/aromatic N) is 3. The van der Waals surface area contributed by atoms with E-state index in [9.17, 15) is 4.79 Å². The molecular weight excluding hydrogens is 210 g/mol. The van der Waals surface area contributed by atoms with Gasteiger partial charge in [0.2, 0.25) is 0 Å². The zero-order valence-electron chi connectivity index (χ0n) is 9.11. The topological polar surface area (TPSA) is 67.6 Å². The minimum Gasteiger partial charge on any atom is -0.480 e. The molecule has 0 unspecified atom stereocenters. The minimum absolute atomic E-state index is 0.0218. The number of aromatic nitrogens is 2. The van der Waals surface area contributed by atoms with Gasteiger partial charge in [-0.15, -0.1) is 0 Å². The predicted molar refractivity (Wildman–Crippen MR) is 56.1 cm³/mol. The van der Waals surface area contributed by atoms with Crippen molar-refractivity contribution in [1.82, 2.24) is 14.5 Å². The average Bonchev–Trinajstić information content (AvgIpc) is 2.83. The molecule has 0 bridgehead atoms. The number of rotatable bonds is 4. The predicted octanol–water partition coefficient (Wildman–Crippen LogP) is -0.161. The van der Waals surface area contributed by atoms with Gasteiger partial charge in [0.1, 0.15) is 0 Å². The van der Waals surface area contributed by atoms with Crippen molar-refractivity contribution in [3.63, 3.8) is 0 Å². The molecule has 2 rings (SSSR count). The summed E-state index contributed by atoms with van der Waals surface area (Å²) in [5, 5.41) is 8.75. The molecule has 1 aliphatic rings. The quantitative estimate of drug-likeness (QED) is 0.771. The van der Waals surface area contributed by atoms with E-state index >= 15 is 0 Å². The second-order valence-corrected chi connectivity index (χ2v) is 3.94. The molecule has 1 fully saturated rings. The molecule has 1 saturated heterocycles. The Morgan fingerprint density at radius 3 is 3.00 bits per heavy atom. The van der Waals surface area contributed by atoms with Crippen LogP contribution in [0.4, 0.5) is 0 Å². The zero-order chi connectivity index (χ0) is 11.5. The van der Waals surface area contributed by atoms with Crippen molar-refractivity contribution in [2.24, 2.45) is 0 Å². The molecule has 2 atom stereocenters. The van der Waals surface area contributed by atoms with Gasteiger partial charge in [0.25, 0.3) is 0 Å². The number of imidazole rings is 1. The molecule has 88 valence electrons. The van der Waals surface area contributed by atoms with E-state index in [2.05, 4.69) is 4.98 Å². The number of carboxylic acids is 1. The van der Waals surface area contributed by atoms with E-state index in [0.29, 0.717) is 13.1 Å². The van der Waals surface area contributed by atoms with Gasteiger partial charge in [0.05, 0.1) is 25.0 Å². The van der Waals surface area contributed by atoms with Crippen LogP contribution >= 0.6 is 0 Å². The normalized spacial score (nSPS) is 26.1. The molecule has 0 aromatic carbocycles. The standard InChI is InChI=1S/C10H15N3O3/c1-16-9-5-12(6-10(14)15)4-8(9)13-3-2-11-7-13/h2-3,7-9H,4-6H2,1H3,(H,14,15)/t8-,9-/m0/s1. The molecule has 0 aliphatic carbocycles. The van der Waals surface area contributed by atoms with Gasteiger partial charge in [-0.25, -0.2) is 4.98 Å². The Morgan fingerprint density at radius 1 is 1.62 bits per heavy atom. The van der Waals surface area contributed by atoms with Crippen molar-refractivity contribution in [3.05, 3.63) is 18.7 Å². The highest BCUT2D eigenvalue weighted by atomic mass is 16.5. The molecule has 0 spiro atoms.